The Labute approximate surface area is 187 Å². The fourth-order valence-electron chi connectivity index (χ4n) is 3.66. The van der Waals surface area contributed by atoms with Crippen LogP contribution >= 0.6 is 11.6 Å². The first-order valence-electron chi connectivity index (χ1n) is 10.1. The van der Waals surface area contributed by atoms with Gasteiger partial charge in [0.25, 0.3) is 0 Å². The molecule has 2 amide bonds. The van der Waals surface area contributed by atoms with E-state index in [9.17, 15) is 18.0 Å². The van der Waals surface area contributed by atoms with Crippen molar-refractivity contribution >= 4 is 45.9 Å². The number of likely N-dealkylation sites (N-methyl/N-ethyl adjacent to an activating group) is 1. The number of piperazine rings is 1. The molecule has 1 saturated heterocycles. The average molecular weight is 467 g/mol. The van der Waals surface area contributed by atoms with E-state index in [4.69, 9.17) is 16.6 Å². The summed E-state index contributed by atoms with van der Waals surface area (Å²) in [5.41, 5.74) is 1.00. The van der Waals surface area contributed by atoms with Gasteiger partial charge in [0.2, 0.25) is 0 Å². The summed E-state index contributed by atoms with van der Waals surface area (Å²) in [4.78, 5) is 24.8. The van der Waals surface area contributed by atoms with E-state index < -0.39 is 22.8 Å². The molecule has 32 heavy (non-hydrogen) atoms. The maximum absolute atomic E-state index is 12.8. The van der Waals surface area contributed by atoms with Gasteiger partial charge in [-0.05, 0) is 36.9 Å². The molecule has 1 fully saturated rings. The molecule has 1 aromatic carbocycles. The number of aromatic nitrogens is 2. The van der Waals surface area contributed by atoms with E-state index in [1.807, 2.05) is 12.1 Å². The number of fused-ring (bicyclic) bond motifs is 1. The number of rotatable bonds is 4. The smallest absolute Gasteiger partial charge is 0.358 e. The number of benzene rings is 1. The zero-order valence-corrected chi connectivity index (χ0v) is 18.0. The molecule has 1 aliphatic heterocycles. The number of pyridine rings is 1. The Morgan fingerprint density at radius 3 is 2.56 bits per heavy atom. The van der Waals surface area contributed by atoms with Gasteiger partial charge in [-0.2, -0.15) is 13.2 Å². The second kappa shape index (κ2) is 8.87. The predicted octanol–water partition coefficient (Wildman–Crippen LogP) is 5.02. The lowest BCUT2D eigenvalue weighted by Gasteiger charge is -2.34. The quantitative estimate of drug-likeness (QED) is 0.504. The second-order valence-corrected chi connectivity index (χ2v) is 7.87. The number of halogens is 4. The lowest BCUT2D eigenvalue weighted by molar-refractivity contribution is -0.137. The van der Waals surface area contributed by atoms with Crippen LogP contribution in [0.1, 0.15) is 12.5 Å². The number of urea groups is 1. The molecule has 0 bridgehead atoms. The molecule has 3 heterocycles. The van der Waals surface area contributed by atoms with E-state index in [2.05, 4.69) is 32.3 Å². The van der Waals surface area contributed by atoms with Crippen LogP contribution in [-0.4, -0.2) is 53.6 Å². The van der Waals surface area contributed by atoms with Crippen molar-refractivity contribution in [1.82, 2.24) is 14.9 Å². The molecule has 0 radical (unpaired) electrons. The number of H-pyrrole nitrogens is 1. The molecule has 4 rings (SSSR count). The number of amides is 2. The number of alkyl halides is 3. The fourth-order valence-corrected chi connectivity index (χ4v) is 3.95. The standard InChI is InChI=1S/C21H22ClF3N6O/c1-2-30-7-9-31(10-8-30)18-6-5-16-19(29-18)17(12-26-16)28-20(32)27-13-3-4-14(15(22)11-13)21(23,24)25/h3-6,11-12,26H,2,7-10H2,1H3,(H2,27,28,32). The van der Waals surface area contributed by atoms with Crippen LogP contribution < -0.4 is 15.5 Å². The molecule has 1 aliphatic rings. The third kappa shape index (κ3) is 4.76. The van der Waals surface area contributed by atoms with E-state index in [1.165, 1.54) is 0 Å². The van der Waals surface area contributed by atoms with E-state index in [1.54, 1.807) is 6.20 Å². The molecular formula is C21H22ClF3N6O. The Balaban J connectivity index is 1.47. The highest BCUT2D eigenvalue weighted by Crippen LogP contribution is 2.36. The molecule has 0 unspecified atom stereocenters. The lowest BCUT2D eigenvalue weighted by atomic mass is 10.2. The minimum absolute atomic E-state index is 0.141. The second-order valence-electron chi connectivity index (χ2n) is 7.46. The summed E-state index contributed by atoms with van der Waals surface area (Å²) in [5.74, 6) is 0.825. The van der Waals surface area contributed by atoms with Crippen LogP contribution in [0.2, 0.25) is 5.02 Å². The topological polar surface area (TPSA) is 76.3 Å². The fraction of sp³-hybridized carbons (Fsp3) is 0.333. The minimum Gasteiger partial charge on any atom is -0.358 e. The third-order valence-corrected chi connectivity index (χ3v) is 5.74. The summed E-state index contributed by atoms with van der Waals surface area (Å²) in [6.45, 7) is 6.83. The van der Waals surface area contributed by atoms with Crippen molar-refractivity contribution < 1.29 is 18.0 Å². The molecule has 0 saturated carbocycles. The Morgan fingerprint density at radius 1 is 1.16 bits per heavy atom. The first-order chi connectivity index (χ1) is 15.2. The zero-order chi connectivity index (χ0) is 22.9. The molecule has 170 valence electrons. The Bertz CT molecular complexity index is 1120. The van der Waals surface area contributed by atoms with Crippen molar-refractivity contribution in [2.45, 2.75) is 13.1 Å². The van der Waals surface area contributed by atoms with Gasteiger partial charge in [0.05, 0.1) is 21.8 Å². The SMILES string of the molecule is CCN1CCN(c2ccc3[nH]cc(NC(=O)Nc4ccc(C(F)(F)F)c(Cl)c4)c3n2)CC1. The molecule has 0 atom stereocenters. The highest BCUT2D eigenvalue weighted by molar-refractivity contribution is 6.31. The highest BCUT2D eigenvalue weighted by atomic mass is 35.5. The molecule has 11 heteroatoms. The van der Waals surface area contributed by atoms with Crippen molar-refractivity contribution in [3.63, 3.8) is 0 Å². The molecule has 7 nitrogen and oxygen atoms in total. The van der Waals surface area contributed by atoms with Crippen LogP contribution in [0.15, 0.2) is 36.5 Å². The van der Waals surface area contributed by atoms with Gasteiger partial charge in [-0.15, -0.1) is 0 Å². The average Bonchev–Trinajstić information content (AvgIpc) is 3.14. The monoisotopic (exact) mass is 466 g/mol. The largest absolute Gasteiger partial charge is 0.417 e. The molecular weight excluding hydrogens is 445 g/mol. The van der Waals surface area contributed by atoms with Crippen molar-refractivity contribution in [3.05, 3.63) is 47.1 Å². The summed E-state index contributed by atoms with van der Waals surface area (Å²) >= 11 is 5.71. The van der Waals surface area contributed by atoms with Crippen molar-refractivity contribution in [2.24, 2.45) is 0 Å². The molecule has 0 aliphatic carbocycles. The van der Waals surface area contributed by atoms with Gasteiger partial charge in [-0.3, -0.25) is 0 Å². The first-order valence-corrected chi connectivity index (χ1v) is 10.5. The van der Waals surface area contributed by atoms with Crippen LogP contribution in [0.3, 0.4) is 0 Å². The van der Waals surface area contributed by atoms with Gasteiger partial charge in [0.15, 0.2) is 0 Å². The first kappa shape index (κ1) is 22.2. The number of nitrogens with one attached hydrogen (secondary N) is 3. The van der Waals surface area contributed by atoms with Gasteiger partial charge in [0.1, 0.15) is 11.3 Å². The molecule has 0 spiro atoms. The highest BCUT2D eigenvalue weighted by Gasteiger charge is 2.33. The maximum atomic E-state index is 12.8. The lowest BCUT2D eigenvalue weighted by Crippen LogP contribution is -2.46. The number of carbonyl (C=O) groups excluding carboxylic acids is 1. The van der Waals surface area contributed by atoms with Crippen LogP contribution in [0, 0.1) is 0 Å². The maximum Gasteiger partial charge on any atom is 0.417 e. The van der Waals surface area contributed by atoms with Gasteiger partial charge in [-0.25, -0.2) is 9.78 Å². The van der Waals surface area contributed by atoms with Crippen molar-refractivity contribution in [1.29, 1.82) is 0 Å². The Hall–Kier alpha value is -2.98. The van der Waals surface area contributed by atoms with E-state index in [0.29, 0.717) is 11.2 Å². The summed E-state index contributed by atoms with van der Waals surface area (Å²) in [5, 5.41) is 4.69. The summed E-state index contributed by atoms with van der Waals surface area (Å²) in [6, 6.07) is 6.26. The summed E-state index contributed by atoms with van der Waals surface area (Å²) in [7, 11) is 0. The van der Waals surface area contributed by atoms with Crippen LogP contribution in [0.5, 0.6) is 0 Å². The van der Waals surface area contributed by atoms with E-state index in [0.717, 1.165) is 62.3 Å². The molecule has 3 N–H and O–H groups in total. The normalized spacial score (nSPS) is 15.2. The van der Waals surface area contributed by atoms with Gasteiger partial charge in [-0.1, -0.05) is 18.5 Å². The van der Waals surface area contributed by atoms with Crippen molar-refractivity contribution in [3.8, 4) is 0 Å². The predicted molar refractivity (Wildman–Crippen MR) is 120 cm³/mol. The number of nitrogens with zero attached hydrogens (tertiary/aromatic N) is 3. The van der Waals surface area contributed by atoms with Crippen LogP contribution in [0.4, 0.5) is 35.2 Å². The van der Waals surface area contributed by atoms with Crippen LogP contribution in [-0.2, 0) is 6.18 Å². The number of hydrogen-bond donors (Lipinski definition) is 3. The molecule has 2 aromatic heterocycles. The number of anilines is 3. The Kier molecular flexibility index (Phi) is 6.16. The minimum atomic E-state index is -4.56. The summed E-state index contributed by atoms with van der Waals surface area (Å²) in [6.07, 6.45) is -2.94. The Morgan fingerprint density at radius 2 is 1.91 bits per heavy atom. The van der Waals surface area contributed by atoms with Gasteiger partial charge in [0, 0.05) is 38.1 Å². The zero-order valence-electron chi connectivity index (χ0n) is 17.3. The van der Waals surface area contributed by atoms with E-state index >= 15 is 0 Å². The van der Waals surface area contributed by atoms with Crippen molar-refractivity contribution in [2.75, 3.05) is 48.3 Å². The number of carbonyl (C=O) groups is 1. The third-order valence-electron chi connectivity index (χ3n) is 5.43. The van der Waals surface area contributed by atoms with Gasteiger partial charge >= 0.3 is 12.2 Å². The van der Waals surface area contributed by atoms with E-state index in [-0.39, 0.29) is 5.69 Å². The summed E-state index contributed by atoms with van der Waals surface area (Å²) < 4.78 is 38.5. The number of hydrogen-bond acceptors (Lipinski definition) is 4. The number of aromatic amines is 1. The van der Waals surface area contributed by atoms with Crippen LogP contribution in [0.25, 0.3) is 11.0 Å². The molecule has 3 aromatic rings. The van der Waals surface area contributed by atoms with Gasteiger partial charge < -0.3 is 25.4 Å².